The van der Waals surface area contributed by atoms with E-state index in [9.17, 15) is 0 Å². The lowest BCUT2D eigenvalue weighted by Crippen LogP contribution is -1.82. The van der Waals surface area contributed by atoms with E-state index in [0.717, 1.165) is 66.3 Å². The summed E-state index contributed by atoms with van der Waals surface area (Å²) >= 11 is 0. The van der Waals surface area contributed by atoms with Crippen molar-refractivity contribution in [2.75, 3.05) is 0 Å². The lowest BCUT2D eigenvalue weighted by atomic mass is 10.0. The zero-order valence-corrected chi connectivity index (χ0v) is 16.9. The molecule has 0 bridgehead atoms. The van der Waals surface area contributed by atoms with E-state index < -0.39 is 0 Å². The van der Waals surface area contributed by atoms with Gasteiger partial charge in [-0.3, -0.25) is 9.97 Å². The molecule has 4 heteroatoms. The van der Waals surface area contributed by atoms with Gasteiger partial charge < -0.3 is 8.83 Å². The topological polar surface area (TPSA) is 52.1 Å². The van der Waals surface area contributed by atoms with Crippen LogP contribution < -0.4 is 0 Å². The Labute approximate surface area is 182 Å². The Morgan fingerprint density at radius 3 is 2.25 bits per heavy atom. The van der Waals surface area contributed by atoms with Crippen LogP contribution in [0.1, 0.15) is 0 Å². The van der Waals surface area contributed by atoms with Gasteiger partial charge in [-0.15, -0.1) is 0 Å². The highest BCUT2D eigenvalue weighted by atomic mass is 16.3. The molecule has 7 rings (SSSR count). The van der Waals surface area contributed by atoms with Crippen molar-refractivity contribution in [3.8, 4) is 22.3 Å². The van der Waals surface area contributed by atoms with E-state index in [0.29, 0.717) is 0 Å². The number of hydrogen-bond acceptors (Lipinski definition) is 4. The fourth-order valence-corrected chi connectivity index (χ4v) is 4.55. The molecular formula is C28H16N2O2. The molecule has 0 aliphatic rings. The molecule has 0 radical (unpaired) electrons. The molecule has 0 saturated carbocycles. The van der Waals surface area contributed by atoms with Crippen molar-refractivity contribution < 1.29 is 8.83 Å². The average molecular weight is 412 g/mol. The van der Waals surface area contributed by atoms with Crippen LogP contribution in [-0.2, 0) is 0 Å². The Morgan fingerprint density at radius 2 is 1.31 bits per heavy atom. The summed E-state index contributed by atoms with van der Waals surface area (Å²) in [5, 5.41) is 3.18. The normalized spacial score (nSPS) is 11.8. The molecule has 32 heavy (non-hydrogen) atoms. The van der Waals surface area contributed by atoms with Gasteiger partial charge in [-0.25, -0.2) is 0 Å². The molecule has 4 aromatic heterocycles. The van der Waals surface area contributed by atoms with Crippen molar-refractivity contribution in [3.63, 3.8) is 0 Å². The largest absolute Gasteiger partial charge is 0.455 e. The van der Waals surface area contributed by atoms with Gasteiger partial charge in [0.2, 0.25) is 0 Å². The number of hydrogen-bond donors (Lipinski definition) is 0. The van der Waals surface area contributed by atoms with Gasteiger partial charge in [0, 0.05) is 45.9 Å². The number of rotatable bonds is 2. The van der Waals surface area contributed by atoms with Crippen molar-refractivity contribution in [3.05, 3.63) is 97.5 Å². The number of furan rings is 2. The van der Waals surface area contributed by atoms with Crippen LogP contribution in [0.3, 0.4) is 0 Å². The molecule has 0 spiro atoms. The first kappa shape index (κ1) is 17.3. The van der Waals surface area contributed by atoms with Crippen LogP contribution in [0.4, 0.5) is 0 Å². The summed E-state index contributed by atoms with van der Waals surface area (Å²) in [6.45, 7) is 0. The molecule has 0 unspecified atom stereocenters. The van der Waals surface area contributed by atoms with Gasteiger partial charge in [0.05, 0.1) is 0 Å². The van der Waals surface area contributed by atoms with Gasteiger partial charge in [0.25, 0.3) is 0 Å². The first-order valence-corrected chi connectivity index (χ1v) is 10.5. The summed E-state index contributed by atoms with van der Waals surface area (Å²) < 4.78 is 12.6. The zero-order chi connectivity index (χ0) is 21.1. The van der Waals surface area contributed by atoms with E-state index in [1.54, 1.807) is 0 Å². The molecule has 0 atom stereocenters. The number of fused-ring (bicyclic) bond motifs is 6. The fourth-order valence-electron chi connectivity index (χ4n) is 4.55. The Kier molecular flexibility index (Phi) is 3.52. The SMILES string of the molecule is c1ccc2c(c1)oc1c(-c3cccc4c3oc3ccc(-c5ccncc5)cc34)ccnc12. The Hall–Kier alpha value is -4.44. The molecule has 0 aliphatic carbocycles. The summed E-state index contributed by atoms with van der Waals surface area (Å²) in [5.41, 5.74) is 8.43. The van der Waals surface area contributed by atoms with Crippen LogP contribution in [-0.4, -0.2) is 9.97 Å². The fraction of sp³-hybridized carbons (Fsp3) is 0. The molecule has 0 amide bonds. The quantitative estimate of drug-likeness (QED) is 0.293. The highest BCUT2D eigenvalue weighted by Crippen LogP contribution is 2.40. The summed E-state index contributed by atoms with van der Waals surface area (Å²) in [6.07, 6.45) is 5.46. The van der Waals surface area contributed by atoms with E-state index in [1.807, 2.05) is 67.1 Å². The van der Waals surface area contributed by atoms with Crippen LogP contribution in [0.2, 0.25) is 0 Å². The Balaban J connectivity index is 1.51. The molecule has 0 N–H and O–H groups in total. The van der Waals surface area contributed by atoms with Gasteiger partial charge in [0.15, 0.2) is 5.58 Å². The number of benzene rings is 3. The highest BCUT2D eigenvalue weighted by molar-refractivity contribution is 6.14. The minimum absolute atomic E-state index is 0.777. The minimum atomic E-state index is 0.777. The van der Waals surface area contributed by atoms with E-state index >= 15 is 0 Å². The second-order valence-electron chi connectivity index (χ2n) is 7.87. The van der Waals surface area contributed by atoms with Gasteiger partial charge in [-0.1, -0.05) is 36.4 Å². The molecule has 0 aliphatic heterocycles. The molecule has 4 heterocycles. The number of pyridine rings is 2. The maximum Gasteiger partial charge on any atom is 0.161 e. The lowest BCUT2D eigenvalue weighted by Gasteiger charge is -2.03. The van der Waals surface area contributed by atoms with Gasteiger partial charge in [-0.05, 0) is 53.6 Å². The predicted molar refractivity (Wildman–Crippen MR) is 127 cm³/mol. The van der Waals surface area contributed by atoms with Crippen molar-refractivity contribution in [2.24, 2.45) is 0 Å². The van der Waals surface area contributed by atoms with Crippen molar-refractivity contribution in [2.45, 2.75) is 0 Å². The highest BCUT2D eigenvalue weighted by Gasteiger charge is 2.18. The van der Waals surface area contributed by atoms with E-state index in [2.05, 4.69) is 40.3 Å². The minimum Gasteiger partial charge on any atom is -0.455 e. The predicted octanol–water partition coefficient (Wildman–Crippen LogP) is 7.61. The summed E-state index contributed by atoms with van der Waals surface area (Å²) in [7, 11) is 0. The molecule has 0 saturated heterocycles. The second-order valence-corrected chi connectivity index (χ2v) is 7.87. The number of para-hydroxylation sites is 2. The third-order valence-corrected chi connectivity index (χ3v) is 6.06. The molecule has 0 fully saturated rings. The van der Waals surface area contributed by atoms with E-state index in [4.69, 9.17) is 8.83 Å². The number of aromatic nitrogens is 2. The molecule has 4 nitrogen and oxygen atoms in total. The molecule has 150 valence electrons. The van der Waals surface area contributed by atoms with Crippen molar-refractivity contribution in [1.82, 2.24) is 9.97 Å². The van der Waals surface area contributed by atoms with Gasteiger partial charge in [-0.2, -0.15) is 0 Å². The summed E-state index contributed by atoms with van der Waals surface area (Å²) in [6, 6.07) is 26.6. The first-order chi connectivity index (χ1) is 15.9. The van der Waals surface area contributed by atoms with Gasteiger partial charge in [0.1, 0.15) is 22.3 Å². The third-order valence-electron chi connectivity index (χ3n) is 6.06. The molecule has 7 aromatic rings. The monoisotopic (exact) mass is 412 g/mol. The maximum atomic E-state index is 6.38. The van der Waals surface area contributed by atoms with E-state index in [1.165, 1.54) is 0 Å². The van der Waals surface area contributed by atoms with Crippen molar-refractivity contribution >= 4 is 44.0 Å². The molecular weight excluding hydrogens is 396 g/mol. The van der Waals surface area contributed by atoms with Gasteiger partial charge >= 0.3 is 0 Å². The summed E-state index contributed by atoms with van der Waals surface area (Å²) in [5.74, 6) is 0. The lowest BCUT2D eigenvalue weighted by molar-refractivity contribution is 0.664. The van der Waals surface area contributed by atoms with Crippen LogP contribution >= 0.6 is 0 Å². The van der Waals surface area contributed by atoms with Crippen molar-refractivity contribution in [1.29, 1.82) is 0 Å². The first-order valence-electron chi connectivity index (χ1n) is 10.5. The summed E-state index contributed by atoms with van der Waals surface area (Å²) in [4.78, 5) is 8.72. The second kappa shape index (κ2) is 6.53. The van der Waals surface area contributed by atoms with Crippen LogP contribution in [0.15, 0.2) is 106 Å². The Morgan fingerprint density at radius 1 is 0.531 bits per heavy atom. The van der Waals surface area contributed by atoms with Crippen LogP contribution in [0.5, 0.6) is 0 Å². The van der Waals surface area contributed by atoms with Crippen LogP contribution in [0.25, 0.3) is 66.3 Å². The van der Waals surface area contributed by atoms with E-state index in [-0.39, 0.29) is 0 Å². The Bertz CT molecular complexity index is 1780. The smallest absolute Gasteiger partial charge is 0.161 e. The van der Waals surface area contributed by atoms with Crippen LogP contribution in [0, 0.1) is 0 Å². The third kappa shape index (κ3) is 2.44. The number of nitrogens with zero attached hydrogens (tertiary/aromatic N) is 2. The standard InChI is InChI=1S/C28H16N2O2/c1-2-7-24-22(4-1)26-28(32-24)21(12-15-30-26)19-5-3-6-20-23-16-18(17-10-13-29-14-11-17)8-9-25(23)31-27(19)20/h1-16H. The molecule has 3 aromatic carbocycles. The average Bonchev–Trinajstić information content (AvgIpc) is 3.42. The zero-order valence-electron chi connectivity index (χ0n) is 16.9. The maximum absolute atomic E-state index is 6.38.